The van der Waals surface area contributed by atoms with Gasteiger partial charge >= 0.3 is 0 Å². The molecule has 1 amide bonds. The molecule has 0 heterocycles. The van der Waals surface area contributed by atoms with Gasteiger partial charge in [-0.2, -0.15) is 0 Å². The molecule has 0 saturated carbocycles. The molecule has 148 valence electrons. The molecular formula is C15H24N2O9. The van der Waals surface area contributed by atoms with Gasteiger partial charge in [-0.3, -0.25) is 15.6 Å². The van der Waals surface area contributed by atoms with E-state index >= 15 is 0 Å². The average Bonchev–Trinajstić information content (AvgIpc) is 2.68. The van der Waals surface area contributed by atoms with Crippen molar-refractivity contribution in [3.05, 3.63) is 30.3 Å². The van der Waals surface area contributed by atoms with Gasteiger partial charge in [-0.05, 0) is 12.1 Å². The summed E-state index contributed by atoms with van der Waals surface area (Å²) in [6, 6.07) is 8.29. The van der Waals surface area contributed by atoms with Crippen LogP contribution in [0.25, 0.3) is 0 Å². The second kappa shape index (κ2) is 10.4. The number of aliphatic hydroxyl groups excluding tert-OH is 8. The lowest BCUT2D eigenvalue weighted by Crippen LogP contribution is -2.57. The molecular weight excluding hydrogens is 352 g/mol. The summed E-state index contributed by atoms with van der Waals surface area (Å²) >= 11 is 0. The molecule has 7 atom stereocenters. The van der Waals surface area contributed by atoms with Crippen molar-refractivity contribution in [2.24, 2.45) is 0 Å². The summed E-state index contributed by atoms with van der Waals surface area (Å²) in [5, 5.41) is 76.1. The van der Waals surface area contributed by atoms with Crippen LogP contribution in [-0.2, 0) is 4.79 Å². The van der Waals surface area contributed by atoms with E-state index in [1.807, 2.05) is 0 Å². The Bertz CT molecular complexity index is 547. The number of rotatable bonds is 10. The maximum Gasteiger partial charge on any atom is 0.269 e. The highest BCUT2D eigenvalue weighted by Crippen LogP contribution is 2.13. The molecule has 0 unspecified atom stereocenters. The molecule has 0 aliphatic rings. The van der Waals surface area contributed by atoms with Crippen LogP contribution in [0.4, 0.5) is 5.69 Å². The zero-order valence-electron chi connectivity index (χ0n) is 13.6. The van der Waals surface area contributed by atoms with Crippen molar-refractivity contribution < 1.29 is 45.6 Å². The molecule has 0 aromatic heterocycles. The fourth-order valence-electron chi connectivity index (χ4n) is 2.01. The van der Waals surface area contributed by atoms with Gasteiger partial charge in [-0.15, -0.1) is 0 Å². The molecule has 0 bridgehead atoms. The van der Waals surface area contributed by atoms with E-state index in [1.165, 1.54) is 0 Å². The van der Waals surface area contributed by atoms with Crippen LogP contribution >= 0.6 is 0 Å². The monoisotopic (exact) mass is 376 g/mol. The summed E-state index contributed by atoms with van der Waals surface area (Å²) in [6.07, 6.45) is -14.9. The van der Waals surface area contributed by atoms with Crippen LogP contribution in [0.15, 0.2) is 30.3 Å². The standard InChI is InChI=1S/C15H24N2O9/c18-6-8(19)9(20)10(21)11(22)12(23)13(24)14(25)15(26)17-16-7-4-2-1-3-5-7/h1-5,8-14,16,18-25H,6H2,(H,17,26)/t8-,9-,10-,11-,12-,13-,14-/m1/s1. The zero-order chi connectivity index (χ0) is 19.9. The molecule has 11 heteroatoms. The van der Waals surface area contributed by atoms with Crippen molar-refractivity contribution in [1.82, 2.24) is 5.43 Å². The minimum Gasteiger partial charge on any atom is -0.394 e. The van der Waals surface area contributed by atoms with Gasteiger partial charge in [0.15, 0.2) is 6.10 Å². The molecule has 0 saturated heterocycles. The number of aliphatic hydroxyl groups is 8. The maximum atomic E-state index is 11.8. The summed E-state index contributed by atoms with van der Waals surface area (Å²) in [5.74, 6) is -1.14. The highest BCUT2D eigenvalue weighted by molar-refractivity contribution is 5.82. The van der Waals surface area contributed by atoms with Gasteiger partial charge in [-0.1, -0.05) is 18.2 Å². The molecule has 1 rings (SSSR count). The van der Waals surface area contributed by atoms with Crippen molar-refractivity contribution >= 4 is 11.6 Å². The summed E-state index contributed by atoms with van der Waals surface area (Å²) in [4.78, 5) is 11.8. The minimum atomic E-state index is -2.25. The van der Waals surface area contributed by atoms with E-state index in [0.717, 1.165) is 0 Å². The Morgan fingerprint density at radius 2 is 1.31 bits per heavy atom. The normalized spacial score (nSPS) is 19.5. The lowest BCUT2D eigenvalue weighted by molar-refractivity contribution is -0.174. The van der Waals surface area contributed by atoms with Gasteiger partial charge < -0.3 is 40.9 Å². The van der Waals surface area contributed by atoms with Crippen molar-refractivity contribution in [3.8, 4) is 0 Å². The number of nitrogens with one attached hydrogen (secondary N) is 2. The lowest BCUT2D eigenvalue weighted by Gasteiger charge is -2.31. The molecule has 0 aliphatic heterocycles. The Labute approximate surface area is 148 Å². The Balaban J connectivity index is 2.61. The van der Waals surface area contributed by atoms with Gasteiger partial charge in [-0.25, -0.2) is 0 Å². The lowest BCUT2D eigenvalue weighted by atomic mass is 9.94. The number of carbonyl (C=O) groups excluding carboxylic acids is 1. The molecule has 1 aromatic rings. The van der Waals surface area contributed by atoms with Crippen LogP contribution in [0, 0.1) is 0 Å². The van der Waals surface area contributed by atoms with E-state index in [2.05, 4.69) is 10.9 Å². The first-order chi connectivity index (χ1) is 12.2. The van der Waals surface area contributed by atoms with E-state index in [4.69, 9.17) is 5.11 Å². The quantitative estimate of drug-likeness (QED) is 0.178. The third kappa shape index (κ3) is 5.86. The predicted molar refractivity (Wildman–Crippen MR) is 87.3 cm³/mol. The van der Waals surface area contributed by atoms with Gasteiger partial charge in [0.1, 0.15) is 36.6 Å². The molecule has 11 nitrogen and oxygen atoms in total. The first kappa shape index (κ1) is 22.2. The van der Waals surface area contributed by atoms with Crippen LogP contribution in [0.3, 0.4) is 0 Å². The van der Waals surface area contributed by atoms with Crippen molar-refractivity contribution in [3.63, 3.8) is 0 Å². The highest BCUT2D eigenvalue weighted by Gasteiger charge is 2.40. The number of para-hydroxylation sites is 1. The number of hydrogen-bond donors (Lipinski definition) is 10. The fourth-order valence-corrected chi connectivity index (χ4v) is 2.01. The average molecular weight is 376 g/mol. The van der Waals surface area contributed by atoms with E-state index in [-0.39, 0.29) is 0 Å². The summed E-state index contributed by atoms with van der Waals surface area (Å²) < 4.78 is 0. The predicted octanol–water partition coefficient (Wildman–Crippen LogP) is -4.35. The molecule has 0 radical (unpaired) electrons. The fraction of sp³-hybridized carbons (Fsp3) is 0.533. The largest absolute Gasteiger partial charge is 0.394 e. The number of hydrazine groups is 1. The number of carbonyl (C=O) groups is 1. The molecule has 0 aliphatic carbocycles. The van der Waals surface area contributed by atoms with E-state index < -0.39 is 55.2 Å². The SMILES string of the molecule is O=C(NNc1ccccc1)[C@H](O)[C@H](O)[C@H](O)[C@H](O)[C@H](O)[C@H](O)[C@H](O)CO. The minimum absolute atomic E-state index is 0.472. The van der Waals surface area contributed by atoms with Crippen LogP contribution < -0.4 is 10.9 Å². The number of benzene rings is 1. The van der Waals surface area contributed by atoms with Crippen LogP contribution in [-0.4, -0.2) is 96.1 Å². The molecule has 0 fully saturated rings. The first-order valence-corrected chi connectivity index (χ1v) is 7.69. The second-order valence-electron chi connectivity index (χ2n) is 5.63. The molecule has 26 heavy (non-hydrogen) atoms. The van der Waals surface area contributed by atoms with Crippen molar-refractivity contribution in [1.29, 1.82) is 0 Å². The second-order valence-corrected chi connectivity index (χ2v) is 5.63. The smallest absolute Gasteiger partial charge is 0.269 e. The summed E-state index contributed by atoms with van der Waals surface area (Å²) in [6.45, 7) is -0.931. The Morgan fingerprint density at radius 3 is 1.85 bits per heavy atom. The van der Waals surface area contributed by atoms with E-state index in [1.54, 1.807) is 30.3 Å². The molecule has 10 N–H and O–H groups in total. The van der Waals surface area contributed by atoms with Gasteiger partial charge in [0, 0.05) is 0 Å². The van der Waals surface area contributed by atoms with Crippen LogP contribution in [0.5, 0.6) is 0 Å². The van der Waals surface area contributed by atoms with Gasteiger partial charge in [0.2, 0.25) is 0 Å². The Hall–Kier alpha value is -1.83. The third-order valence-electron chi connectivity index (χ3n) is 3.68. The summed E-state index contributed by atoms with van der Waals surface area (Å²) in [5.41, 5.74) is 4.99. The Kier molecular flexibility index (Phi) is 8.84. The highest BCUT2D eigenvalue weighted by atomic mass is 16.4. The summed E-state index contributed by atoms with van der Waals surface area (Å²) in [7, 11) is 0. The zero-order valence-corrected chi connectivity index (χ0v) is 13.6. The van der Waals surface area contributed by atoms with Crippen molar-refractivity contribution in [2.75, 3.05) is 12.0 Å². The number of anilines is 1. The van der Waals surface area contributed by atoms with E-state index in [0.29, 0.717) is 5.69 Å². The van der Waals surface area contributed by atoms with Gasteiger partial charge in [0.25, 0.3) is 5.91 Å². The topological polar surface area (TPSA) is 203 Å². The molecule has 0 spiro atoms. The van der Waals surface area contributed by atoms with Crippen molar-refractivity contribution in [2.45, 2.75) is 42.7 Å². The number of amides is 1. The molecule has 1 aromatic carbocycles. The van der Waals surface area contributed by atoms with Gasteiger partial charge in [0.05, 0.1) is 12.3 Å². The maximum absolute atomic E-state index is 11.8. The first-order valence-electron chi connectivity index (χ1n) is 7.69. The number of hydrogen-bond acceptors (Lipinski definition) is 10. The van der Waals surface area contributed by atoms with Crippen LogP contribution in [0.2, 0.25) is 0 Å². The third-order valence-corrected chi connectivity index (χ3v) is 3.68. The van der Waals surface area contributed by atoms with E-state index in [9.17, 15) is 40.5 Å². The van der Waals surface area contributed by atoms with Crippen LogP contribution in [0.1, 0.15) is 0 Å². The Morgan fingerprint density at radius 1 is 0.808 bits per heavy atom.